The highest BCUT2D eigenvalue weighted by Crippen LogP contribution is 2.42. The van der Waals surface area contributed by atoms with Gasteiger partial charge in [-0.3, -0.25) is 9.59 Å². The molecular weight excluding hydrogens is 152 g/mol. The first-order chi connectivity index (χ1) is 5.64. The maximum atomic E-state index is 11.4. The Labute approximate surface area is 71.0 Å². The van der Waals surface area contributed by atoms with Gasteiger partial charge in [-0.25, -0.2) is 0 Å². The zero-order valence-electron chi connectivity index (χ0n) is 6.96. The molecule has 0 radical (unpaired) electrons. The molecule has 2 heteroatoms. The molecule has 0 aromatic rings. The van der Waals surface area contributed by atoms with Crippen LogP contribution in [-0.4, -0.2) is 11.6 Å². The highest BCUT2D eigenvalue weighted by atomic mass is 16.2. The van der Waals surface area contributed by atoms with Crippen molar-refractivity contribution in [1.82, 2.24) is 0 Å². The zero-order chi connectivity index (χ0) is 8.77. The van der Waals surface area contributed by atoms with Gasteiger partial charge in [0.25, 0.3) is 0 Å². The number of hydrogen-bond acceptors (Lipinski definition) is 2. The molecule has 0 N–H and O–H groups in total. The molecule has 0 aliphatic heterocycles. The Morgan fingerprint density at radius 1 is 1.33 bits per heavy atom. The van der Waals surface area contributed by atoms with E-state index in [4.69, 9.17) is 0 Å². The number of fused-ring (bicyclic) bond motifs is 1. The molecule has 1 unspecified atom stereocenters. The Bertz CT molecular complexity index is 323. The molecule has 2 rings (SSSR count). The maximum absolute atomic E-state index is 11.4. The van der Waals surface area contributed by atoms with E-state index in [0.29, 0.717) is 6.42 Å². The van der Waals surface area contributed by atoms with Gasteiger partial charge in [0, 0.05) is 0 Å². The van der Waals surface area contributed by atoms with Crippen LogP contribution in [0.1, 0.15) is 19.8 Å². The van der Waals surface area contributed by atoms with Crippen molar-refractivity contribution >= 4 is 11.6 Å². The summed E-state index contributed by atoms with van der Waals surface area (Å²) in [6.07, 6.45) is 6.94. The third kappa shape index (κ3) is 0.750. The van der Waals surface area contributed by atoms with Crippen LogP contribution in [0.25, 0.3) is 0 Å². The van der Waals surface area contributed by atoms with Crippen LogP contribution in [-0.2, 0) is 9.59 Å². The van der Waals surface area contributed by atoms with E-state index >= 15 is 0 Å². The van der Waals surface area contributed by atoms with Crippen molar-refractivity contribution in [1.29, 1.82) is 0 Å². The second-order valence-corrected chi connectivity index (χ2v) is 3.57. The molecule has 0 aromatic carbocycles. The van der Waals surface area contributed by atoms with Crippen molar-refractivity contribution in [3.8, 4) is 0 Å². The second kappa shape index (κ2) is 2.16. The van der Waals surface area contributed by atoms with Gasteiger partial charge in [-0.15, -0.1) is 0 Å². The summed E-state index contributed by atoms with van der Waals surface area (Å²) < 4.78 is 0. The third-order valence-corrected chi connectivity index (χ3v) is 2.77. The van der Waals surface area contributed by atoms with E-state index in [1.54, 1.807) is 0 Å². The van der Waals surface area contributed by atoms with E-state index in [-0.39, 0.29) is 11.6 Å². The van der Waals surface area contributed by atoms with Crippen LogP contribution in [0, 0.1) is 5.41 Å². The minimum absolute atomic E-state index is 0.234. The molecule has 0 heterocycles. The van der Waals surface area contributed by atoms with Gasteiger partial charge < -0.3 is 0 Å². The highest BCUT2D eigenvalue weighted by Gasteiger charge is 2.44. The van der Waals surface area contributed by atoms with Crippen LogP contribution in [0.5, 0.6) is 0 Å². The van der Waals surface area contributed by atoms with E-state index in [9.17, 15) is 9.59 Å². The lowest BCUT2D eigenvalue weighted by Crippen LogP contribution is -2.29. The summed E-state index contributed by atoms with van der Waals surface area (Å²) >= 11 is 0. The SMILES string of the molecule is CC12CC=CCC1=CC(=O)C2=O. The Hall–Kier alpha value is -1.18. The molecule has 0 aromatic heterocycles. The van der Waals surface area contributed by atoms with Crippen LogP contribution in [0.3, 0.4) is 0 Å². The first kappa shape index (κ1) is 7.47. The van der Waals surface area contributed by atoms with Gasteiger partial charge in [-0.05, 0) is 31.4 Å². The van der Waals surface area contributed by atoms with Crippen LogP contribution >= 0.6 is 0 Å². The lowest BCUT2D eigenvalue weighted by Gasteiger charge is -2.26. The predicted molar refractivity (Wildman–Crippen MR) is 44.6 cm³/mol. The molecule has 0 amide bonds. The van der Waals surface area contributed by atoms with E-state index in [2.05, 4.69) is 0 Å². The van der Waals surface area contributed by atoms with Crippen molar-refractivity contribution in [3.05, 3.63) is 23.8 Å². The van der Waals surface area contributed by atoms with Gasteiger partial charge in [-0.2, -0.15) is 0 Å². The fraction of sp³-hybridized carbons (Fsp3) is 0.400. The fourth-order valence-corrected chi connectivity index (χ4v) is 1.84. The van der Waals surface area contributed by atoms with Gasteiger partial charge in [0.2, 0.25) is 11.6 Å². The number of ketones is 2. The molecule has 0 spiro atoms. The van der Waals surface area contributed by atoms with Gasteiger partial charge in [-0.1, -0.05) is 12.2 Å². The average Bonchev–Trinajstić information content (AvgIpc) is 2.28. The number of rotatable bonds is 0. The van der Waals surface area contributed by atoms with E-state index in [1.165, 1.54) is 6.08 Å². The Kier molecular flexibility index (Phi) is 1.34. The monoisotopic (exact) mass is 162 g/mol. The molecule has 0 bridgehead atoms. The molecule has 0 saturated carbocycles. The number of allylic oxidation sites excluding steroid dienone is 4. The van der Waals surface area contributed by atoms with Crippen molar-refractivity contribution in [2.45, 2.75) is 19.8 Å². The summed E-state index contributed by atoms with van der Waals surface area (Å²) in [5.41, 5.74) is 0.492. The number of hydrogen-bond donors (Lipinski definition) is 0. The van der Waals surface area contributed by atoms with Crippen LogP contribution in [0.2, 0.25) is 0 Å². The first-order valence-corrected chi connectivity index (χ1v) is 4.09. The van der Waals surface area contributed by atoms with Crippen LogP contribution in [0.4, 0.5) is 0 Å². The molecule has 2 aliphatic carbocycles. The number of carbonyl (C=O) groups excluding carboxylic acids is 2. The molecule has 0 fully saturated rings. The largest absolute Gasteiger partial charge is 0.289 e. The Morgan fingerprint density at radius 3 is 2.75 bits per heavy atom. The van der Waals surface area contributed by atoms with Crippen LogP contribution in [0.15, 0.2) is 23.8 Å². The van der Waals surface area contributed by atoms with Crippen molar-refractivity contribution in [2.24, 2.45) is 5.41 Å². The standard InChI is InChI=1S/C10H10O2/c1-10-5-3-2-4-7(10)6-8(11)9(10)12/h2-3,6H,4-5H2,1H3. The van der Waals surface area contributed by atoms with Gasteiger partial charge in [0.1, 0.15) is 0 Å². The summed E-state index contributed by atoms with van der Waals surface area (Å²) in [5.74, 6) is -0.557. The maximum Gasteiger partial charge on any atom is 0.222 e. The number of Topliss-reactive ketones (excluding diaryl/α,β-unsaturated/α-hetero) is 1. The average molecular weight is 162 g/mol. The fourth-order valence-electron chi connectivity index (χ4n) is 1.84. The van der Waals surface area contributed by atoms with E-state index in [1.807, 2.05) is 19.1 Å². The molecular formula is C10H10O2. The Morgan fingerprint density at radius 2 is 2.08 bits per heavy atom. The summed E-state index contributed by atoms with van der Waals surface area (Å²) in [4.78, 5) is 22.5. The van der Waals surface area contributed by atoms with E-state index < -0.39 is 5.41 Å². The lowest BCUT2D eigenvalue weighted by molar-refractivity contribution is -0.137. The normalized spacial score (nSPS) is 33.6. The Balaban J connectivity index is 2.50. The molecule has 2 nitrogen and oxygen atoms in total. The summed E-state index contributed by atoms with van der Waals surface area (Å²) in [6.45, 7) is 1.86. The molecule has 2 aliphatic rings. The first-order valence-electron chi connectivity index (χ1n) is 4.09. The summed E-state index contributed by atoms with van der Waals surface area (Å²) in [6, 6.07) is 0. The van der Waals surface area contributed by atoms with Crippen LogP contribution < -0.4 is 0 Å². The van der Waals surface area contributed by atoms with Gasteiger partial charge >= 0.3 is 0 Å². The molecule has 62 valence electrons. The topological polar surface area (TPSA) is 34.1 Å². The quantitative estimate of drug-likeness (QED) is 0.399. The summed E-state index contributed by atoms with van der Waals surface area (Å²) in [7, 11) is 0. The minimum atomic E-state index is -0.494. The van der Waals surface area contributed by atoms with Gasteiger partial charge in [0.05, 0.1) is 5.41 Å². The molecule has 12 heavy (non-hydrogen) atoms. The lowest BCUT2D eigenvalue weighted by atomic mass is 9.75. The zero-order valence-corrected chi connectivity index (χ0v) is 6.96. The van der Waals surface area contributed by atoms with Crippen molar-refractivity contribution in [3.63, 3.8) is 0 Å². The van der Waals surface area contributed by atoms with Gasteiger partial charge in [0.15, 0.2) is 0 Å². The molecule has 0 saturated heterocycles. The number of carbonyl (C=O) groups is 2. The summed E-state index contributed by atoms with van der Waals surface area (Å²) in [5, 5.41) is 0. The minimum Gasteiger partial charge on any atom is -0.289 e. The third-order valence-electron chi connectivity index (χ3n) is 2.77. The van der Waals surface area contributed by atoms with Crippen molar-refractivity contribution in [2.75, 3.05) is 0 Å². The van der Waals surface area contributed by atoms with E-state index in [0.717, 1.165) is 12.0 Å². The highest BCUT2D eigenvalue weighted by molar-refractivity contribution is 6.46. The second-order valence-electron chi connectivity index (χ2n) is 3.57. The smallest absolute Gasteiger partial charge is 0.222 e. The van der Waals surface area contributed by atoms with Crippen molar-refractivity contribution < 1.29 is 9.59 Å². The molecule has 1 atom stereocenters. The predicted octanol–water partition coefficient (Wildman–Crippen LogP) is 1.42.